The number of anilines is 1. The maximum absolute atomic E-state index is 13.1. The Labute approximate surface area is 94.7 Å². The van der Waals surface area contributed by atoms with Crippen LogP contribution in [0.4, 0.5) is 10.1 Å². The smallest absolute Gasteiger partial charge is 0.125 e. The Balaban J connectivity index is 2.20. The number of rotatable bonds is 3. The van der Waals surface area contributed by atoms with E-state index in [1.165, 1.54) is 12.1 Å². The Kier molecular flexibility index (Phi) is 2.86. The normalized spacial score (nSPS) is 18.4. The van der Waals surface area contributed by atoms with Gasteiger partial charge in [-0.1, -0.05) is 6.07 Å². The van der Waals surface area contributed by atoms with Crippen molar-refractivity contribution >= 4 is 5.69 Å². The fourth-order valence-corrected chi connectivity index (χ4v) is 2.06. The van der Waals surface area contributed by atoms with Crippen LogP contribution in [0.15, 0.2) is 18.2 Å². The lowest BCUT2D eigenvalue weighted by Gasteiger charge is -2.29. The van der Waals surface area contributed by atoms with Gasteiger partial charge in [-0.2, -0.15) is 0 Å². The van der Waals surface area contributed by atoms with Gasteiger partial charge in [0.2, 0.25) is 0 Å². The summed E-state index contributed by atoms with van der Waals surface area (Å²) in [7, 11) is 0. The third kappa shape index (κ3) is 2.18. The maximum Gasteiger partial charge on any atom is 0.125 e. The molecule has 4 heteroatoms. The van der Waals surface area contributed by atoms with Crippen molar-refractivity contribution in [3.05, 3.63) is 29.6 Å². The number of aliphatic hydroxyl groups is 1. The molecule has 1 aliphatic rings. The summed E-state index contributed by atoms with van der Waals surface area (Å²) in [6.45, 7) is 3.16. The predicted octanol–water partition coefficient (Wildman–Crippen LogP) is 0.898. The van der Waals surface area contributed by atoms with Crippen LogP contribution in [0.25, 0.3) is 0 Å². The van der Waals surface area contributed by atoms with Crippen LogP contribution in [0, 0.1) is 5.82 Å². The highest BCUT2D eigenvalue weighted by molar-refractivity contribution is 5.58. The molecule has 0 saturated heterocycles. The molecular weight excluding hydrogens is 207 g/mol. The summed E-state index contributed by atoms with van der Waals surface area (Å²) in [6.07, 6.45) is 0.899. The molecule has 2 rings (SSSR count). The number of fused-ring (bicyclic) bond motifs is 1. The molecule has 1 aromatic carbocycles. The lowest BCUT2D eigenvalue weighted by molar-refractivity contribution is 0.0765. The molecule has 1 aliphatic heterocycles. The highest BCUT2D eigenvalue weighted by atomic mass is 19.1. The van der Waals surface area contributed by atoms with Crippen LogP contribution < -0.4 is 10.6 Å². The van der Waals surface area contributed by atoms with Gasteiger partial charge in [0, 0.05) is 25.3 Å². The van der Waals surface area contributed by atoms with E-state index in [0.29, 0.717) is 6.54 Å². The van der Waals surface area contributed by atoms with E-state index in [2.05, 4.69) is 0 Å². The van der Waals surface area contributed by atoms with Crippen molar-refractivity contribution in [1.82, 2.24) is 0 Å². The third-order valence-electron chi connectivity index (χ3n) is 3.01. The number of halogens is 1. The minimum atomic E-state index is -0.923. The molecule has 0 aliphatic carbocycles. The fraction of sp³-hybridized carbons (Fsp3) is 0.500. The van der Waals surface area contributed by atoms with Gasteiger partial charge >= 0.3 is 0 Å². The van der Waals surface area contributed by atoms with E-state index < -0.39 is 5.60 Å². The van der Waals surface area contributed by atoms with Gasteiger partial charge in [0.1, 0.15) is 5.82 Å². The number of benzene rings is 1. The van der Waals surface area contributed by atoms with Crippen molar-refractivity contribution in [2.45, 2.75) is 18.9 Å². The summed E-state index contributed by atoms with van der Waals surface area (Å²) in [5.74, 6) is -0.238. The first-order valence-corrected chi connectivity index (χ1v) is 5.48. The van der Waals surface area contributed by atoms with Crippen molar-refractivity contribution < 1.29 is 9.50 Å². The molecule has 1 heterocycles. The molecule has 3 N–H and O–H groups in total. The first-order chi connectivity index (χ1) is 7.52. The monoisotopic (exact) mass is 224 g/mol. The summed E-state index contributed by atoms with van der Waals surface area (Å²) >= 11 is 0. The number of β-amino-alcohol motifs (C(OH)–C–C–N with tert-alkyl or cyclic N) is 1. The van der Waals surface area contributed by atoms with Crippen LogP contribution in [0.5, 0.6) is 0 Å². The van der Waals surface area contributed by atoms with E-state index in [1.54, 1.807) is 6.92 Å². The van der Waals surface area contributed by atoms with Gasteiger partial charge in [-0.25, -0.2) is 4.39 Å². The van der Waals surface area contributed by atoms with Crippen molar-refractivity contribution in [3.8, 4) is 0 Å². The van der Waals surface area contributed by atoms with Crippen molar-refractivity contribution in [1.29, 1.82) is 0 Å². The summed E-state index contributed by atoms with van der Waals surface area (Å²) in [5.41, 5.74) is 6.58. The number of nitrogens with zero attached hydrogens (tertiary/aromatic N) is 1. The van der Waals surface area contributed by atoms with Crippen LogP contribution in [-0.2, 0) is 6.42 Å². The number of hydrogen-bond acceptors (Lipinski definition) is 3. The molecule has 3 nitrogen and oxygen atoms in total. The number of nitrogens with two attached hydrogens (primary N) is 1. The Bertz CT molecular complexity index is 393. The van der Waals surface area contributed by atoms with Crippen molar-refractivity contribution in [3.63, 3.8) is 0 Å². The van der Waals surface area contributed by atoms with Gasteiger partial charge < -0.3 is 15.7 Å². The molecule has 0 spiro atoms. The minimum Gasteiger partial charge on any atom is -0.387 e. The summed E-state index contributed by atoms with van der Waals surface area (Å²) < 4.78 is 13.1. The summed E-state index contributed by atoms with van der Waals surface area (Å²) in [4.78, 5) is 1.99. The lowest BCUT2D eigenvalue weighted by Crippen LogP contribution is -2.45. The van der Waals surface area contributed by atoms with E-state index in [-0.39, 0.29) is 12.4 Å². The molecular formula is C12H17FN2O. The molecule has 1 atom stereocenters. The Morgan fingerprint density at radius 1 is 1.56 bits per heavy atom. The molecule has 0 bridgehead atoms. The standard InChI is InChI=1S/C12H17FN2O/c1-12(16,7-14)8-15-5-4-9-2-3-10(13)6-11(9)15/h2-3,6,16H,4-5,7-8,14H2,1H3. The van der Waals surface area contributed by atoms with E-state index in [4.69, 9.17) is 5.73 Å². The minimum absolute atomic E-state index is 0.203. The molecule has 0 aromatic heterocycles. The van der Waals surface area contributed by atoms with Gasteiger partial charge in [-0.15, -0.1) is 0 Å². The highest BCUT2D eigenvalue weighted by Gasteiger charge is 2.27. The average Bonchev–Trinajstić information content (AvgIpc) is 2.61. The van der Waals surface area contributed by atoms with Gasteiger partial charge in [-0.05, 0) is 31.0 Å². The molecule has 0 fully saturated rings. The zero-order chi connectivity index (χ0) is 11.8. The molecule has 0 radical (unpaired) electrons. The predicted molar refractivity (Wildman–Crippen MR) is 62.0 cm³/mol. The molecule has 1 unspecified atom stereocenters. The molecule has 16 heavy (non-hydrogen) atoms. The zero-order valence-electron chi connectivity index (χ0n) is 9.41. The largest absolute Gasteiger partial charge is 0.387 e. The van der Waals surface area contributed by atoms with Gasteiger partial charge in [0.25, 0.3) is 0 Å². The second-order valence-corrected chi connectivity index (χ2v) is 4.65. The topological polar surface area (TPSA) is 49.5 Å². The van der Waals surface area contributed by atoms with Crippen molar-refractivity contribution in [2.75, 3.05) is 24.5 Å². The van der Waals surface area contributed by atoms with Crippen LogP contribution in [0.1, 0.15) is 12.5 Å². The van der Waals surface area contributed by atoms with Gasteiger partial charge in [0.05, 0.1) is 5.60 Å². The molecule has 0 amide bonds. The van der Waals surface area contributed by atoms with Gasteiger partial charge in [-0.3, -0.25) is 0 Å². The quantitative estimate of drug-likeness (QED) is 0.802. The second kappa shape index (κ2) is 4.03. The number of hydrogen-bond donors (Lipinski definition) is 2. The maximum atomic E-state index is 13.1. The fourth-order valence-electron chi connectivity index (χ4n) is 2.06. The van der Waals surface area contributed by atoms with Crippen molar-refractivity contribution in [2.24, 2.45) is 5.73 Å². The van der Waals surface area contributed by atoms with Gasteiger partial charge in [0.15, 0.2) is 0 Å². The Morgan fingerprint density at radius 3 is 3.00 bits per heavy atom. The first kappa shape index (κ1) is 11.4. The second-order valence-electron chi connectivity index (χ2n) is 4.65. The zero-order valence-corrected chi connectivity index (χ0v) is 9.41. The summed E-state index contributed by atoms with van der Waals surface area (Å²) in [6, 6.07) is 4.81. The Hall–Kier alpha value is -1.13. The summed E-state index contributed by atoms with van der Waals surface area (Å²) in [5, 5.41) is 9.92. The molecule has 1 aromatic rings. The van der Waals surface area contributed by atoms with E-state index in [9.17, 15) is 9.50 Å². The lowest BCUT2D eigenvalue weighted by atomic mass is 10.1. The molecule has 88 valence electrons. The van der Waals surface area contributed by atoms with Crippen LogP contribution in [-0.4, -0.2) is 30.3 Å². The third-order valence-corrected chi connectivity index (χ3v) is 3.01. The van der Waals surface area contributed by atoms with E-state index in [0.717, 1.165) is 24.2 Å². The highest BCUT2D eigenvalue weighted by Crippen LogP contribution is 2.29. The Morgan fingerprint density at radius 2 is 2.31 bits per heavy atom. The van der Waals surface area contributed by atoms with E-state index >= 15 is 0 Å². The SMILES string of the molecule is CC(O)(CN)CN1CCc2ccc(F)cc21. The van der Waals surface area contributed by atoms with Crippen LogP contribution >= 0.6 is 0 Å². The van der Waals surface area contributed by atoms with Crippen LogP contribution in [0.2, 0.25) is 0 Å². The van der Waals surface area contributed by atoms with E-state index in [1.807, 2.05) is 11.0 Å². The average molecular weight is 224 g/mol. The van der Waals surface area contributed by atoms with Crippen LogP contribution in [0.3, 0.4) is 0 Å². The molecule has 0 saturated carbocycles. The first-order valence-electron chi connectivity index (χ1n) is 5.48.